The first-order valence-corrected chi connectivity index (χ1v) is 7.95. The van der Waals surface area contributed by atoms with E-state index >= 15 is 0 Å². The van der Waals surface area contributed by atoms with Gasteiger partial charge in [-0.2, -0.15) is 0 Å². The van der Waals surface area contributed by atoms with Crippen molar-refractivity contribution in [3.05, 3.63) is 59.6 Å². The van der Waals surface area contributed by atoms with Crippen molar-refractivity contribution in [2.24, 2.45) is 0 Å². The molecule has 122 valence electrons. The fraction of sp³-hybridized carbons (Fsp3) is 0.278. The second-order valence-corrected chi connectivity index (χ2v) is 5.35. The van der Waals surface area contributed by atoms with Crippen LogP contribution in [0, 0.1) is 0 Å². The Kier molecular flexibility index (Phi) is 7.27. The summed E-state index contributed by atoms with van der Waals surface area (Å²) in [6.45, 7) is 1.44. The summed E-state index contributed by atoms with van der Waals surface area (Å²) in [5.74, 6) is 1.56. The van der Waals surface area contributed by atoms with E-state index in [2.05, 4.69) is 5.32 Å². The number of nitrogens with one attached hydrogen (secondary N) is 1. The van der Waals surface area contributed by atoms with Crippen molar-refractivity contribution in [3.8, 4) is 11.5 Å². The summed E-state index contributed by atoms with van der Waals surface area (Å²) in [6, 6.07) is 16.7. The molecule has 0 aliphatic heterocycles. The van der Waals surface area contributed by atoms with Gasteiger partial charge in [0, 0.05) is 11.4 Å². The summed E-state index contributed by atoms with van der Waals surface area (Å²) in [5.41, 5.74) is 0. The van der Waals surface area contributed by atoms with Crippen LogP contribution in [0.15, 0.2) is 54.6 Å². The van der Waals surface area contributed by atoms with Crippen molar-refractivity contribution in [2.45, 2.75) is 12.8 Å². The first kappa shape index (κ1) is 17.2. The fourth-order valence-electron chi connectivity index (χ4n) is 1.92. The third kappa shape index (κ3) is 7.06. The van der Waals surface area contributed by atoms with Crippen molar-refractivity contribution in [1.29, 1.82) is 0 Å². The highest BCUT2D eigenvalue weighted by Crippen LogP contribution is 2.15. The van der Waals surface area contributed by atoms with Crippen LogP contribution in [0.1, 0.15) is 12.8 Å². The zero-order chi connectivity index (χ0) is 16.3. The molecule has 5 heteroatoms. The van der Waals surface area contributed by atoms with Crippen molar-refractivity contribution in [2.75, 3.05) is 19.8 Å². The lowest BCUT2D eigenvalue weighted by atomic mass is 10.3. The number of rotatable bonds is 9. The highest BCUT2D eigenvalue weighted by molar-refractivity contribution is 6.30. The molecule has 0 saturated heterocycles. The first-order valence-electron chi connectivity index (χ1n) is 7.57. The summed E-state index contributed by atoms with van der Waals surface area (Å²) in [7, 11) is 0. The number of benzene rings is 2. The van der Waals surface area contributed by atoms with Gasteiger partial charge in [-0.3, -0.25) is 4.79 Å². The van der Waals surface area contributed by atoms with Gasteiger partial charge >= 0.3 is 0 Å². The highest BCUT2D eigenvalue weighted by Gasteiger charge is 2.01. The van der Waals surface area contributed by atoms with Gasteiger partial charge < -0.3 is 14.8 Å². The standard InChI is InChI=1S/C18H20ClNO3/c19-15-8-10-17(11-9-15)22-13-4-7-18(21)20-12-14-23-16-5-2-1-3-6-16/h1-3,5-6,8-11H,4,7,12-14H2,(H,20,21). The lowest BCUT2D eigenvalue weighted by Gasteiger charge is -2.08. The Hall–Kier alpha value is -2.20. The molecule has 4 nitrogen and oxygen atoms in total. The number of ether oxygens (including phenoxy) is 2. The SMILES string of the molecule is O=C(CCCOc1ccc(Cl)cc1)NCCOc1ccccc1. The van der Waals surface area contributed by atoms with Gasteiger partial charge in [-0.05, 0) is 42.8 Å². The summed E-state index contributed by atoms with van der Waals surface area (Å²) in [4.78, 5) is 11.7. The summed E-state index contributed by atoms with van der Waals surface area (Å²) in [5, 5.41) is 3.50. The second-order valence-electron chi connectivity index (χ2n) is 4.92. The summed E-state index contributed by atoms with van der Waals surface area (Å²) >= 11 is 5.80. The molecule has 1 N–H and O–H groups in total. The summed E-state index contributed by atoms with van der Waals surface area (Å²) < 4.78 is 11.0. The molecule has 0 fully saturated rings. The van der Waals surface area contributed by atoms with E-state index in [4.69, 9.17) is 21.1 Å². The van der Waals surface area contributed by atoms with Crippen molar-refractivity contribution >= 4 is 17.5 Å². The van der Waals surface area contributed by atoms with Gasteiger partial charge in [-0.15, -0.1) is 0 Å². The average Bonchev–Trinajstić information content (AvgIpc) is 2.58. The molecule has 0 heterocycles. The molecule has 23 heavy (non-hydrogen) atoms. The van der Waals surface area contributed by atoms with E-state index in [1.54, 1.807) is 12.1 Å². The molecule has 0 unspecified atom stereocenters. The quantitative estimate of drug-likeness (QED) is 0.712. The van der Waals surface area contributed by atoms with E-state index in [0.717, 1.165) is 11.5 Å². The zero-order valence-electron chi connectivity index (χ0n) is 12.8. The second kappa shape index (κ2) is 9.74. The molecule has 0 aliphatic carbocycles. The van der Waals surface area contributed by atoms with Crippen LogP contribution in [0.5, 0.6) is 11.5 Å². The minimum Gasteiger partial charge on any atom is -0.494 e. The lowest BCUT2D eigenvalue weighted by molar-refractivity contribution is -0.121. The predicted octanol–water partition coefficient (Wildman–Crippen LogP) is 3.69. The molecule has 2 rings (SSSR count). The van der Waals surface area contributed by atoms with Gasteiger partial charge in [-0.1, -0.05) is 29.8 Å². The average molecular weight is 334 g/mol. The van der Waals surface area contributed by atoms with Gasteiger partial charge in [0.1, 0.15) is 18.1 Å². The van der Waals surface area contributed by atoms with Crippen LogP contribution in [0.3, 0.4) is 0 Å². The Morgan fingerprint density at radius 1 is 0.913 bits per heavy atom. The molecule has 0 radical (unpaired) electrons. The minimum atomic E-state index is 0.00127. The molecule has 0 atom stereocenters. The number of para-hydroxylation sites is 1. The maximum absolute atomic E-state index is 11.7. The Morgan fingerprint density at radius 2 is 1.57 bits per heavy atom. The third-order valence-electron chi connectivity index (χ3n) is 3.07. The molecule has 2 aromatic rings. The normalized spacial score (nSPS) is 10.1. The summed E-state index contributed by atoms with van der Waals surface area (Å²) in [6.07, 6.45) is 1.09. The van der Waals surface area contributed by atoms with E-state index in [-0.39, 0.29) is 5.91 Å². The van der Waals surface area contributed by atoms with Crippen LogP contribution < -0.4 is 14.8 Å². The maximum atomic E-state index is 11.7. The van der Waals surface area contributed by atoms with E-state index in [9.17, 15) is 4.79 Å². The van der Waals surface area contributed by atoms with E-state index in [1.165, 1.54) is 0 Å². The lowest BCUT2D eigenvalue weighted by Crippen LogP contribution is -2.28. The van der Waals surface area contributed by atoms with Crippen LogP contribution >= 0.6 is 11.6 Å². The smallest absolute Gasteiger partial charge is 0.220 e. The van der Waals surface area contributed by atoms with Gasteiger partial charge in [0.05, 0.1) is 13.2 Å². The Morgan fingerprint density at radius 3 is 2.30 bits per heavy atom. The number of halogens is 1. The van der Waals surface area contributed by atoms with Crippen LogP contribution in [-0.2, 0) is 4.79 Å². The largest absolute Gasteiger partial charge is 0.494 e. The fourth-order valence-corrected chi connectivity index (χ4v) is 2.04. The molecule has 0 aliphatic rings. The molecule has 0 saturated carbocycles. The minimum absolute atomic E-state index is 0.00127. The topological polar surface area (TPSA) is 47.6 Å². The maximum Gasteiger partial charge on any atom is 0.220 e. The van der Waals surface area contributed by atoms with Crippen LogP contribution in [0.25, 0.3) is 0 Å². The number of amides is 1. The van der Waals surface area contributed by atoms with E-state index in [0.29, 0.717) is 37.6 Å². The molecule has 0 bridgehead atoms. The number of hydrogen-bond donors (Lipinski definition) is 1. The Bertz CT molecular complexity index is 587. The predicted molar refractivity (Wildman–Crippen MR) is 91.1 cm³/mol. The zero-order valence-corrected chi connectivity index (χ0v) is 13.6. The van der Waals surface area contributed by atoms with E-state index < -0.39 is 0 Å². The van der Waals surface area contributed by atoms with Crippen molar-refractivity contribution in [3.63, 3.8) is 0 Å². The van der Waals surface area contributed by atoms with Gasteiger partial charge in [0.15, 0.2) is 0 Å². The highest BCUT2D eigenvalue weighted by atomic mass is 35.5. The Balaban J connectivity index is 1.51. The molecular formula is C18H20ClNO3. The van der Waals surface area contributed by atoms with Crippen LogP contribution in [0.2, 0.25) is 5.02 Å². The van der Waals surface area contributed by atoms with Gasteiger partial charge in [0.2, 0.25) is 5.91 Å². The van der Waals surface area contributed by atoms with Gasteiger partial charge in [0.25, 0.3) is 0 Å². The number of carbonyl (C=O) groups is 1. The number of carbonyl (C=O) groups excluding carboxylic acids is 1. The van der Waals surface area contributed by atoms with Crippen molar-refractivity contribution < 1.29 is 14.3 Å². The van der Waals surface area contributed by atoms with Crippen LogP contribution in [-0.4, -0.2) is 25.7 Å². The molecule has 0 aromatic heterocycles. The van der Waals surface area contributed by atoms with E-state index in [1.807, 2.05) is 42.5 Å². The first-order chi connectivity index (χ1) is 11.2. The third-order valence-corrected chi connectivity index (χ3v) is 3.32. The molecular weight excluding hydrogens is 314 g/mol. The molecule has 0 spiro atoms. The van der Waals surface area contributed by atoms with Crippen molar-refractivity contribution in [1.82, 2.24) is 5.32 Å². The van der Waals surface area contributed by atoms with Gasteiger partial charge in [-0.25, -0.2) is 0 Å². The number of hydrogen-bond acceptors (Lipinski definition) is 3. The molecule has 1 amide bonds. The monoisotopic (exact) mass is 333 g/mol. The molecule has 2 aromatic carbocycles. The Labute approximate surface area is 141 Å². The van der Waals surface area contributed by atoms with Crippen LogP contribution in [0.4, 0.5) is 0 Å².